The van der Waals surface area contributed by atoms with E-state index in [1.807, 2.05) is 0 Å². The van der Waals surface area contributed by atoms with E-state index in [2.05, 4.69) is 4.52 Å². The van der Waals surface area contributed by atoms with Crippen LogP contribution in [-0.2, 0) is 9.09 Å². The molecule has 1 unspecified atom stereocenters. The third kappa shape index (κ3) is 15.7. The molecule has 46 valence electrons. The van der Waals surface area contributed by atoms with E-state index in [1.165, 1.54) is 0 Å². The van der Waals surface area contributed by atoms with Crippen LogP contribution in [0.25, 0.3) is 0 Å². The van der Waals surface area contributed by atoms with Gasteiger partial charge in [-0.1, -0.05) is 0 Å². The third-order valence-electron chi connectivity index (χ3n) is 0.332. The van der Waals surface area contributed by atoms with Gasteiger partial charge in [-0.2, -0.15) is 0 Å². The SMILES string of the molecule is COP(C)(=O)[O-].[CH3-].[Ca+2]. The monoisotopic (exact) mass is 164 g/mol. The molecule has 0 spiro atoms. The quantitative estimate of drug-likeness (QED) is 0.308. The van der Waals surface area contributed by atoms with Crippen molar-refractivity contribution in [3.8, 4) is 0 Å². The second-order valence-corrected chi connectivity index (χ2v) is 2.86. The average molecular weight is 164 g/mol. The van der Waals surface area contributed by atoms with Crippen LogP contribution in [0.5, 0.6) is 0 Å². The molecule has 0 aliphatic carbocycles. The van der Waals surface area contributed by atoms with Crippen LogP contribution in [0.15, 0.2) is 0 Å². The molecule has 0 rings (SSSR count). The van der Waals surface area contributed by atoms with Crippen molar-refractivity contribution in [3.05, 3.63) is 7.43 Å². The molecule has 5 heteroatoms. The summed E-state index contributed by atoms with van der Waals surface area (Å²) in [4.78, 5) is 9.81. The fourth-order valence-electron chi connectivity index (χ4n) is 0. The molecule has 3 nitrogen and oxygen atoms in total. The minimum atomic E-state index is -3.40. The second-order valence-electron chi connectivity index (χ2n) is 0.954. The first kappa shape index (κ1) is 16.2. The first-order valence-corrected chi connectivity index (χ1v) is 3.39. The maximum Gasteiger partial charge on any atom is 2.00 e. The topological polar surface area (TPSA) is 49.4 Å². The van der Waals surface area contributed by atoms with Gasteiger partial charge in [0.05, 0.1) is 0 Å². The maximum atomic E-state index is 9.81. The van der Waals surface area contributed by atoms with Crippen LogP contribution >= 0.6 is 7.60 Å². The van der Waals surface area contributed by atoms with Gasteiger partial charge in [0, 0.05) is 13.8 Å². The van der Waals surface area contributed by atoms with Crippen molar-refractivity contribution in [2.75, 3.05) is 13.8 Å². The molecule has 0 aromatic carbocycles. The predicted octanol–water partition coefficient (Wildman–Crippen LogP) is -0.115. The van der Waals surface area contributed by atoms with Crippen LogP contribution in [-0.4, -0.2) is 51.5 Å². The fraction of sp³-hybridized carbons (Fsp3) is 0.667. The summed E-state index contributed by atoms with van der Waals surface area (Å²) in [7, 11) is -2.26. The van der Waals surface area contributed by atoms with Crippen molar-refractivity contribution >= 4 is 45.3 Å². The standard InChI is InChI=1S/C2H7O3P.CH3.Ca/c1-5-6(2,3)4;;/h1-2H3,(H,3,4);1H3;/q;-1;+2/p-1. The van der Waals surface area contributed by atoms with Crippen LogP contribution in [0.2, 0.25) is 0 Å². The summed E-state index contributed by atoms with van der Waals surface area (Å²) in [6, 6.07) is 0. The second kappa shape index (κ2) is 6.53. The molecule has 0 heterocycles. The Hall–Kier alpha value is 1.41. The first-order valence-electron chi connectivity index (χ1n) is 1.40. The van der Waals surface area contributed by atoms with E-state index in [4.69, 9.17) is 0 Å². The molecule has 0 aliphatic rings. The maximum absolute atomic E-state index is 9.81. The minimum Gasteiger partial charge on any atom is -0.779 e. The summed E-state index contributed by atoms with van der Waals surface area (Å²) < 4.78 is 13.7. The summed E-state index contributed by atoms with van der Waals surface area (Å²) in [5.41, 5.74) is 0. The van der Waals surface area contributed by atoms with Crippen LogP contribution < -0.4 is 4.89 Å². The molecule has 0 fully saturated rings. The molecule has 0 aliphatic heterocycles. The van der Waals surface area contributed by atoms with E-state index in [0.29, 0.717) is 0 Å². The van der Waals surface area contributed by atoms with E-state index >= 15 is 0 Å². The number of rotatable bonds is 1. The van der Waals surface area contributed by atoms with Gasteiger partial charge in [-0.25, -0.2) is 0 Å². The van der Waals surface area contributed by atoms with Crippen LogP contribution in [0.1, 0.15) is 0 Å². The zero-order chi connectivity index (χ0) is 5.21. The Kier molecular flexibility index (Phi) is 13.2. The van der Waals surface area contributed by atoms with Crippen molar-refractivity contribution in [1.29, 1.82) is 0 Å². The van der Waals surface area contributed by atoms with Crippen LogP contribution in [0.4, 0.5) is 0 Å². The van der Waals surface area contributed by atoms with Gasteiger partial charge in [0.15, 0.2) is 0 Å². The van der Waals surface area contributed by atoms with Crippen molar-refractivity contribution in [3.63, 3.8) is 0 Å². The Balaban J connectivity index is -0.000000125. The van der Waals surface area contributed by atoms with E-state index < -0.39 is 7.60 Å². The van der Waals surface area contributed by atoms with E-state index in [1.54, 1.807) is 0 Å². The largest absolute Gasteiger partial charge is 2.00 e. The Morgan fingerprint density at radius 1 is 1.62 bits per heavy atom. The summed E-state index contributed by atoms with van der Waals surface area (Å²) in [6.07, 6.45) is 0. The first-order chi connectivity index (χ1) is 2.56. The average Bonchev–Trinajstić information content (AvgIpc) is 1.35. The molecule has 0 N–H and O–H groups in total. The molecule has 8 heavy (non-hydrogen) atoms. The molecule has 0 bridgehead atoms. The smallest absolute Gasteiger partial charge is 0.779 e. The van der Waals surface area contributed by atoms with Gasteiger partial charge < -0.3 is 21.4 Å². The zero-order valence-corrected chi connectivity index (χ0v) is 8.48. The third-order valence-corrected chi connectivity index (χ3v) is 0.995. The Morgan fingerprint density at radius 3 is 1.75 bits per heavy atom. The summed E-state index contributed by atoms with van der Waals surface area (Å²) >= 11 is 0. The molecule has 0 radical (unpaired) electrons. The molecular weight excluding hydrogens is 155 g/mol. The Bertz CT molecular complexity index is 78.6. The summed E-state index contributed by atoms with van der Waals surface area (Å²) in [5.74, 6) is 0. The number of hydrogen-bond donors (Lipinski definition) is 0. The van der Waals surface area contributed by atoms with Crippen molar-refractivity contribution < 1.29 is 14.0 Å². The van der Waals surface area contributed by atoms with Crippen molar-refractivity contribution in [2.45, 2.75) is 0 Å². The van der Waals surface area contributed by atoms with Gasteiger partial charge in [-0.15, -0.1) is 0 Å². The Morgan fingerprint density at radius 2 is 1.75 bits per heavy atom. The summed E-state index contributed by atoms with van der Waals surface area (Å²) in [6.45, 7) is 1.02. The normalized spacial score (nSPS) is 14.9. The molecule has 0 saturated heterocycles. The van der Waals surface area contributed by atoms with Crippen molar-refractivity contribution in [1.82, 2.24) is 0 Å². The van der Waals surface area contributed by atoms with E-state index in [9.17, 15) is 9.46 Å². The van der Waals surface area contributed by atoms with Crippen LogP contribution in [0, 0.1) is 7.43 Å². The zero-order valence-electron chi connectivity index (χ0n) is 5.38. The Labute approximate surface area is 80.0 Å². The molecule has 0 saturated carbocycles. The van der Waals surface area contributed by atoms with E-state index in [0.717, 1.165) is 13.8 Å². The minimum absolute atomic E-state index is 0. The fourth-order valence-corrected chi connectivity index (χ4v) is 0. The van der Waals surface area contributed by atoms with Gasteiger partial charge in [0.25, 0.3) is 0 Å². The number of hydrogen-bond acceptors (Lipinski definition) is 3. The van der Waals surface area contributed by atoms with Gasteiger partial charge in [0.2, 0.25) is 0 Å². The molecule has 0 amide bonds. The van der Waals surface area contributed by atoms with Gasteiger partial charge in [-0.05, 0) is 0 Å². The molecular formula is C3H9CaO3P. The predicted molar refractivity (Wildman–Crippen MR) is 32.7 cm³/mol. The van der Waals surface area contributed by atoms with Gasteiger partial charge in [0.1, 0.15) is 7.60 Å². The van der Waals surface area contributed by atoms with Gasteiger partial charge in [-0.3, -0.25) is 0 Å². The van der Waals surface area contributed by atoms with Crippen molar-refractivity contribution in [2.24, 2.45) is 0 Å². The van der Waals surface area contributed by atoms with E-state index in [-0.39, 0.29) is 45.2 Å². The van der Waals surface area contributed by atoms with Crippen LogP contribution in [0.3, 0.4) is 0 Å². The molecule has 1 atom stereocenters. The van der Waals surface area contributed by atoms with Gasteiger partial charge >= 0.3 is 37.7 Å². The molecule has 0 aromatic rings. The summed E-state index contributed by atoms with van der Waals surface area (Å²) in [5, 5.41) is 0. The molecule has 0 aromatic heterocycles.